The van der Waals surface area contributed by atoms with Gasteiger partial charge in [-0.1, -0.05) is 35.9 Å². The van der Waals surface area contributed by atoms with Crippen LogP contribution in [0.2, 0.25) is 5.02 Å². The Kier molecular flexibility index (Phi) is 1.79. The number of ether oxygens (including phenoxy) is 1. The van der Waals surface area contributed by atoms with Gasteiger partial charge in [0.1, 0.15) is 0 Å². The van der Waals surface area contributed by atoms with Crippen LogP contribution in [0.25, 0.3) is 10.8 Å². The SMILES string of the molecule is O=C1OC(=O)c2c(Cl)c1cc1ccccc21. The molecule has 0 N–H and O–H groups in total. The fraction of sp³-hybridized carbons (Fsp3) is 0. The molecule has 0 saturated heterocycles. The van der Waals surface area contributed by atoms with E-state index in [4.69, 9.17) is 11.6 Å². The number of hydrogen-bond acceptors (Lipinski definition) is 3. The first-order chi connectivity index (χ1) is 7.68. The van der Waals surface area contributed by atoms with Crippen molar-refractivity contribution in [3.8, 4) is 0 Å². The number of fused-ring (bicyclic) bond motifs is 4. The van der Waals surface area contributed by atoms with Crippen molar-refractivity contribution in [1.82, 2.24) is 0 Å². The zero-order valence-electron chi connectivity index (χ0n) is 7.99. The largest absolute Gasteiger partial charge is 0.386 e. The molecule has 0 unspecified atom stereocenters. The van der Waals surface area contributed by atoms with E-state index >= 15 is 0 Å². The number of cyclic esters (lactones) is 2. The molecule has 2 bridgehead atoms. The molecule has 0 saturated carbocycles. The second kappa shape index (κ2) is 3.06. The van der Waals surface area contributed by atoms with Crippen LogP contribution in [0, 0.1) is 0 Å². The molecule has 4 heteroatoms. The summed E-state index contributed by atoms with van der Waals surface area (Å²) in [4.78, 5) is 23.0. The summed E-state index contributed by atoms with van der Waals surface area (Å²) in [6.07, 6.45) is 0. The van der Waals surface area contributed by atoms with E-state index in [1.54, 1.807) is 18.2 Å². The molecule has 1 aliphatic heterocycles. The first-order valence-corrected chi connectivity index (χ1v) is 5.04. The Balaban J connectivity index is 2.55. The third-order valence-corrected chi connectivity index (χ3v) is 2.99. The summed E-state index contributed by atoms with van der Waals surface area (Å²) in [7, 11) is 0. The lowest BCUT2D eigenvalue weighted by atomic mass is 9.99. The standard InChI is InChI=1S/C12H5ClO3/c13-10-8-5-6-3-1-2-4-7(6)9(10)12(15)16-11(8)14/h1-5H. The average Bonchev–Trinajstić information content (AvgIpc) is 2.25. The molecule has 3 rings (SSSR count). The van der Waals surface area contributed by atoms with Gasteiger partial charge in [-0.05, 0) is 16.8 Å². The summed E-state index contributed by atoms with van der Waals surface area (Å²) in [5.74, 6) is -1.37. The summed E-state index contributed by atoms with van der Waals surface area (Å²) in [6.45, 7) is 0. The summed E-state index contributed by atoms with van der Waals surface area (Å²) < 4.78 is 4.59. The van der Waals surface area contributed by atoms with Gasteiger partial charge in [0.2, 0.25) is 0 Å². The molecule has 0 spiro atoms. The minimum atomic E-state index is -0.687. The summed E-state index contributed by atoms with van der Waals surface area (Å²) in [6, 6.07) is 8.87. The van der Waals surface area contributed by atoms with E-state index in [1.165, 1.54) is 0 Å². The third kappa shape index (κ3) is 1.09. The second-order valence-electron chi connectivity index (χ2n) is 3.51. The number of halogens is 1. The lowest BCUT2D eigenvalue weighted by Crippen LogP contribution is -2.20. The Morgan fingerprint density at radius 3 is 2.62 bits per heavy atom. The summed E-state index contributed by atoms with van der Waals surface area (Å²) in [5, 5.41) is 1.69. The zero-order chi connectivity index (χ0) is 11.3. The molecule has 16 heavy (non-hydrogen) atoms. The first-order valence-electron chi connectivity index (χ1n) is 4.66. The van der Waals surface area contributed by atoms with Crippen LogP contribution in [0.3, 0.4) is 0 Å². The predicted molar refractivity (Wildman–Crippen MR) is 58.7 cm³/mol. The van der Waals surface area contributed by atoms with E-state index in [2.05, 4.69) is 4.74 Å². The molecule has 0 fully saturated rings. The molecular formula is C12H5ClO3. The summed E-state index contributed by atoms with van der Waals surface area (Å²) >= 11 is 5.99. The van der Waals surface area contributed by atoms with Gasteiger partial charge in [-0.2, -0.15) is 0 Å². The van der Waals surface area contributed by atoms with Gasteiger partial charge in [-0.15, -0.1) is 0 Å². The van der Waals surface area contributed by atoms with Crippen molar-refractivity contribution in [2.45, 2.75) is 0 Å². The molecular weight excluding hydrogens is 228 g/mol. The Hall–Kier alpha value is -1.87. The van der Waals surface area contributed by atoms with Crippen molar-refractivity contribution in [1.29, 1.82) is 0 Å². The van der Waals surface area contributed by atoms with Crippen molar-refractivity contribution in [2.24, 2.45) is 0 Å². The van der Waals surface area contributed by atoms with Gasteiger partial charge in [0, 0.05) is 0 Å². The molecule has 2 aromatic rings. The van der Waals surface area contributed by atoms with Crippen LogP contribution in [-0.4, -0.2) is 11.9 Å². The summed E-state index contributed by atoms with van der Waals surface area (Å²) in [5.41, 5.74) is 0.518. The minimum absolute atomic E-state index is 0.181. The highest BCUT2D eigenvalue weighted by Crippen LogP contribution is 2.34. The number of hydrogen-bond donors (Lipinski definition) is 0. The van der Waals surface area contributed by atoms with E-state index in [-0.39, 0.29) is 16.1 Å². The Labute approximate surface area is 95.6 Å². The molecule has 0 amide bonds. The van der Waals surface area contributed by atoms with E-state index in [1.807, 2.05) is 12.1 Å². The highest BCUT2D eigenvalue weighted by atomic mass is 35.5. The number of rotatable bonds is 0. The van der Waals surface area contributed by atoms with Crippen LogP contribution in [0.4, 0.5) is 0 Å². The molecule has 0 aliphatic carbocycles. The van der Waals surface area contributed by atoms with Crippen LogP contribution in [0.1, 0.15) is 20.7 Å². The molecule has 0 aromatic heterocycles. The van der Waals surface area contributed by atoms with Gasteiger partial charge in [0.15, 0.2) is 0 Å². The van der Waals surface area contributed by atoms with Crippen LogP contribution >= 0.6 is 11.6 Å². The van der Waals surface area contributed by atoms with Gasteiger partial charge in [-0.25, -0.2) is 9.59 Å². The van der Waals surface area contributed by atoms with Crippen molar-refractivity contribution in [2.75, 3.05) is 0 Å². The maximum atomic E-state index is 11.6. The van der Waals surface area contributed by atoms with Crippen LogP contribution < -0.4 is 0 Å². The van der Waals surface area contributed by atoms with E-state index in [0.29, 0.717) is 5.39 Å². The van der Waals surface area contributed by atoms with Crippen molar-refractivity contribution < 1.29 is 14.3 Å². The third-order valence-electron chi connectivity index (χ3n) is 2.60. The Morgan fingerprint density at radius 1 is 1.06 bits per heavy atom. The lowest BCUT2D eigenvalue weighted by Gasteiger charge is -2.16. The van der Waals surface area contributed by atoms with E-state index < -0.39 is 11.9 Å². The number of carbonyl (C=O) groups excluding carboxylic acids is 2. The van der Waals surface area contributed by atoms with Crippen LogP contribution in [-0.2, 0) is 4.74 Å². The smallest absolute Gasteiger partial charge is 0.348 e. The number of esters is 2. The van der Waals surface area contributed by atoms with Crippen LogP contribution in [0.15, 0.2) is 30.3 Å². The molecule has 1 aliphatic rings. The lowest BCUT2D eigenvalue weighted by molar-refractivity contribution is 0.0387. The maximum absolute atomic E-state index is 11.6. The van der Waals surface area contributed by atoms with Crippen molar-refractivity contribution >= 4 is 34.3 Å². The van der Waals surface area contributed by atoms with Gasteiger partial charge in [-0.3, -0.25) is 0 Å². The monoisotopic (exact) mass is 232 g/mol. The van der Waals surface area contributed by atoms with Gasteiger partial charge in [0.25, 0.3) is 0 Å². The van der Waals surface area contributed by atoms with Gasteiger partial charge < -0.3 is 4.74 Å². The van der Waals surface area contributed by atoms with Crippen molar-refractivity contribution in [3.63, 3.8) is 0 Å². The number of carbonyl (C=O) groups is 2. The van der Waals surface area contributed by atoms with E-state index in [9.17, 15) is 9.59 Å². The maximum Gasteiger partial charge on any atom is 0.348 e. The molecule has 1 heterocycles. The fourth-order valence-corrected chi connectivity index (χ4v) is 2.17. The predicted octanol–water partition coefficient (Wildman–Crippen LogP) is 2.80. The second-order valence-corrected chi connectivity index (χ2v) is 3.89. The zero-order valence-corrected chi connectivity index (χ0v) is 8.75. The molecule has 78 valence electrons. The van der Waals surface area contributed by atoms with E-state index in [0.717, 1.165) is 5.39 Å². The van der Waals surface area contributed by atoms with Crippen molar-refractivity contribution in [3.05, 3.63) is 46.5 Å². The average molecular weight is 233 g/mol. The normalized spacial score (nSPS) is 14.1. The number of benzene rings is 2. The highest BCUT2D eigenvalue weighted by molar-refractivity contribution is 6.40. The highest BCUT2D eigenvalue weighted by Gasteiger charge is 2.30. The fourth-order valence-electron chi connectivity index (χ4n) is 1.86. The Bertz CT molecular complexity index is 646. The molecule has 0 atom stereocenters. The quantitative estimate of drug-likeness (QED) is 0.518. The Morgan fingerprint density at radius 2 is 1.81 bits per heavy atom. The molecule has 0 radical (unpaired) electrons. The van der Waals surface area contributed by atoms with Crippen LogP contribution in [0.5, 0.6) is 0 Å². The topological polar surface area (TPSA) is 43.4 Å². The minimum Gasteiger partial charge on any atom is -0.386 e. The van der Waals surface area contributed by atoms with Gasteiger partial charge in [0.05, 0.1) is 16.1 Å². The van der Waals surface area contributed by atoms with Gasteiger partial charge >= 0.3 is 11.9 Å². The molecule has 2 aromatic carbocycles. The molecule has 3 nitrogen and oxygen atoms in total. The first kappa shape index (κ1) is 9.36.